The molecule has 1 N–H and O–H groups in total. The number of imidazole rings is 1. The van der Waals surface area contributed by atoms with Gasteiger partial charge in [0.1, 0.15) is 0 Å². The number of nitrogens with zero attached hydrogens (tertiary/aromatic N) is 4. The highest BCUT2D eigenvalue weighted by Crippen LogP contribution is 2.43. The number of aromatic nitrogens is 2. The molecule has 3 heterocycles. The number of benzene rings is 2. The summed E-state index contributed by atoms with van der Waals surface area (Å²) in [7, 11) is 0. The van der Waals surface area contributed by atoms with E-state index in [0.717, 1.165) is 80.2 Å². The normalized spacial score (nSPS) is 18.0. The number of nitrogens with one attached hydrogen (secondary N) is 1. The quantitative estimate of drug-likeness (QED) is 0.575. The van der Waals surface area contributed by atoms with Gasteiger partial charge in [0.05, 0.1) is 22.1 Å². The Kier molecular flexibility index (Phi) is 5.31. The number of H-pyrrole nitrogens is 1. The van der Waals surface area contributed by atoms with Crippen molar-refractivity contribution >= 4 is 34.3 Å². The molecule has 6 heteroatoms. The zero-order valence-corrected chi connectivity index (χ0v) is 19.4. The van der Waals surface area contributed by atoms with Crippen LogP contribution >= 0.6 is 0 Å². The monoisotopic (exact) mass is 431 g/mol. The number of anilines is 3. The van der Waals surface area contributed by atoms with Crippen molar-refractivity contribution in [1.82, 2.24) is 9.97 Å². The lowest BCUT2D eigenvalue weighted by atomic mass is 9.86. The molecule has 0 atom stereocenters. The van der Waals surface area contributed by atoms with Crippen molar-refractivity contribution in [3.63, 3.8) is 0 Å². The molecule has 2 aliphatic rings. The highest BCUT2D eigenvalue weighted by atomic mass is 16.2. The summed E-state index contributed by atoms with van der Waals surface area (Å²) in [6.45, 7) is 10.9. The molecule has 32 heavy (non-hydrogen) atoms. The first-order chi connectivity index (χ1) is 15.5. The van der Waals surface area contributed by atoms with Gasteiger partial charge in [-0.1, -0.05) is 38.0 Å². The van der Waals surface area contributed by atoms with Gasteiger partial charge in [0.2, 0.25) is 11.9 Å². The number of amides is 1. The number of aromatic amines is 1. The lowest BCUT2D eigenvalue weighted by Crippen LogP contribution is -2.46. The average Bonchev–Trinajstić information content (AvgIpc) is 3.31. The summed E-state index contributed by atoms with van der Waals surface area (Å²) in [5, 5.41) is 0. The smallest absolute Gasteiger partial charge is 0.237 e. The fraction of sp³-hybridized carbons (Fsp3) is 0.462. The second-order valence-corrected chi connectivity index (χ2v) is 9.55. The summed E-state index contributed by atoms with van der Waals surface area (Å²) >= 11 is 0. The van der Waals surface area contributed by atoms with Crippen LogP contribution in [0.3, 0.4) is 0 Å². The predicted octanol–water partition coefficient (Wildman–Crippen LogP) is 4.70. The Balaban J connectivity index is 1.38. The lowest BCUT2D eigenvalue weighted by molar-refractivity contribution is -0.122. The third kappa shape index (κ3) is 3.51. The Hall–Kier alpha value is -3.02. The molecule has 5 rings (SSSR count). The van der Waals surface area contributed by atoms with E-state index in [9.17, 15) is 4.79 Å². The number of hydrogen-bond donors (Lipinski definition) is 1. The number of unbranched alkanes of at least 4 members (excludes halogenated alkanes) is 2. The molecule has 168 valence electrons. The number of fused-ring (bicyclic) bond motifs is 2. The number of carbonyl (C=O) groups excluding carboxylic acids is 1. The second-order valence-electron chi connectivity index (χ2n) is 9.55. The Bertz CT molecular complexity index is 1110. The van der Waals surface area contributed by atoms with Crippen LogP contribution in [0.2, 0.25) is 0 Å². The molecular weight excluding hydrogens is 398 g/mol. The van der Waals surface area contributed by atoms with Crippen LogP contribution in [-0.2, 0) is 10.2 Å². The minimum atomic E-state index is -0.504. The first kappa shape index (κ1) is 20.9. The van der Waals surface area contributed by atoms with Gasteiger partial charge in [-0.25, -0.2) is 4.98 Å². The summed E-state index contributed by atoms with van der Waals surface area (Å²) < 4.78 is 0. The van der Waals surface area contributed by atoms with Gasteiger partial charge >= 0.3 is 0 Å². The fourth-order valence-electron chi connectivity index (χ4n) is 5.02. The van der Waals surface area contributed by atoms with E-state index in [-0.39, 0.29) is 5.91 Å². The number of para-hydroxylation sites is 1. The molecule has 0 spiro atoms. The van der Waals surface area contributed by atoms with E-state index in [2.05, 4.69) is 64.2 Å². The molecule has 0 aliphatic carbocycles. The van der Waals surface area contributed by atoms with Crippen LogP contribution < -0.4 is 14.7 Å². The van der Waals surface area contributed by atoms with E-state index in [1.165, 1.54) is 5.69 Å². The molecule has 1 amide bonds. The van der Waals surface area contributed by atoms with E-state index in [0.29, 0.717) is 0 Å². The maximum absolute atomic E-state index is 13.1. The largest absolute Gasteiger partial charge is 0.368 e. The summed E-state index contributed by atoms with van der Waals surface area (Å²) in [6, 6.07) is 14.9. The first-order valence-electron chi connectivity index (χ1n) is 11.9. The van der Waals surface area contributed by atoms with Crippen LogP contribution in [-0.4, -0.2) is 48.6 Å². The number of piperazine rings is 1. The summed E-state index contributed by atoms with van der Waals surface area (Å²) in [5.74, 6) is 1.13. The van der Waals surface area contributed by atoms with Gasteiger partial charge in [-0.15, -0.1) is 0 Å². The molecule has 0 radical (unpaired) electrons. The van der Waals surface area contributed by atoms with Crippen LogP contribution in [0.25, 0.3) is 11.0 Å². The van der Waals surface area contributed by atoms with E-state index >= 15 is 0 Å². The van der Waals surface area contributed by atoms with Gasteiger partial charge in [-0.05, 0) is 50.1 Å². The van der Waals surface area contributed by atoms with E-state index in [4.69, 9.17) is 4.98 Å². The molecule has 0 unspecified atom stereocenters. The molecule has 1 fully saturated rings. The SMILES string of the molecule is CCCCCN1C(=O)C(C)(C)c2cc3nc(N4CCN(c5ccccc5)CC4)[nH]c3cc21. The molecule has 6 nitrogen and oxygen atoms in total. The minimum Gasteiger partial charge on any atom is -0.368 e. The molecular formula is C26H33N5O. The van der Waals surface area contributed by atoms with Crippen molar-refractivity contribution < 1.29 is 4.79 Å². The number of carbonyl (C=O) groups is 1. The Labute approximate surface area is 190 Å². The topological polar surface area (TPSA) is 55.5 Å². The van der Waals surface area contributed by atoms with Crippen LogP contribution in [0.5, 0.6) is 0 Å². The van der Waals surface area contributed by atoms with Crippen LogP contribution in [0, 0.1) is 0 Å². The average molecular weight is 432 g/mol. The zero-order chi connectivity index (χ0) is 22.3. The van der Waals surface area contributed by atoms with Crippen molar-refractivity contribution in [2.75, 3.05) is 47.4 Å². The summed E-state index contributed by atoms with van der Waals surface area (Å²) in [4.78, 5) is 28.3. The Morgan fingerprint density at radius 2 is 1.72 bits per heavy atom. The number of hydrogen-bond acceptors (Lipinski definition) is 4. The molecule has 3 aromatic rings. The maximum atomic E-state index is 13.1. The predicted molar refractivity (Wildman–Crippen MR) is 132 cm³/mol. The molecule has 0 saturated carbocycles. The van der Waals surface area contributed by atoms with Gasteiger partial charge in [0.15, 0.2) is 0 Å². The van der Waals surface area contributed by atoms with E-state index < -0.39 is 5.41 Å². The molecule has 0 bridgehead atoms. The highest BCUT2D eigenvalue weighted by molar-refractivity contribution is 6.09. The van der Waals surface area contributed by atoms with Crippen LogP contribution in [0.1, 0.15) is 45.6 Å². The lowest BCUT2D eigenvalue weighted by Gasteiger charge is -2.35. The first-order valence-corrected chi connectivity index (χ1v) is 11.9. The second kappa shape index (κ2) is 8.15. The fourth-order valence-corrected chi connectivity index (χ4v) is 5.02. The van der Waals surface area contributed by atoms with Crippen LogP contribution in [0.15, 0.2) is 42.5 Å². The number of rotatable bonds is 6. The Morgan fingerprint density at radius 3 is 2.44 bits per heavy atom. The van der Waals surface area contributed by atoms with Crippen molar-refractivity contribution in [3.8, 4) is 0 Å². The van der Waals surface area contributed by atoms with E-state index in [1.54, 1.807) is 0 Å². The maximum Gasteiger partial charge on any atom is 0.237 e. The Morgan fingerprint density at radius 1 is 1.00 bits per heavy atom. The molecule has 2 aliphatic heterocycles. The van der Waals surface area contributed by atoms with Crippen molar-refractivity contribution in [2.24, 2.45) is 0 Å². The van der Waals surface area contributed by atoms with Gasteiger partial charge in [0, 0.05) is 38.4 Å². The van der Waals surface area contributed by atoms with Crippen molar-refractivity contribution in [3.05, 3.63) is 48.0 Å². The summed E-state index contributed by atoms with van der Waals surface area (Å²) in [6.07, 6.45) is 3.33. The molecule has 2 aromatic carbocycles. The van der Waals surface area contributed by atoms with Crippen LogP contribution in [0.4, 0.5) is 17.3 Å². The van der Waals surface area contributed by atoms with Crippen molar-refractivity contribution in [1.29, 1.82) is 0 Å². The minimum absolute atomic E-state index is 0.202. The van der Waals surface area contributed by atoms with Gasteiger partial charge < -0.3 is 19.7 Å². The van der Waals surface area contributed by atoms with E-state index in [1.807, 2.05) is 18.7 Å². The van der Waals surface area contributed by atoms with Crippen molar-refractivity contribution in [2.45, 2.75) is 45.4 Å². The zero-order valence-electron chi connectivity index (χ0n) is 19.4. The standard InChI is InChI=1S/C26H33N5O/c1-4-5-9-12-31-23-18-22-21(17-20(23)26(2,3)24(31)32)27-25(28-22)30-15-13-29(14-16-30)19-10-7-6-8-11-19/h6-8,10-11,17-18H,4-5,9,12-16H2,1-3H3,(H,27,28). The third-order valence-electron chi connectivity index (χ3n) is 7.02. The molecule has 1 saturated heterocycles. The van der Waals surface area contributed by atoms with Gasteiger partial charge in [0.25, 0.3) is 0 Å². The van der Waals surface area contributed by atoms with Gasteiger partial charge in [-0.2, -0.15) is 0 Å². The third-order valence-corrected chi connectivity index (χ3v) is 7.02. The molecule has 1 aromatic heterocycles. The summed E-state index contributed by atoms with van der Waals surface area (Å²) in [5.41, 5.74) is 4.88. The highest BCUT2D eigenvalue weighted by Gasteiger charge is 2.44. The van der Waals surface area contributed by atoms with Gasteiger partial charge in [-0.3, -0.25) is 4.79 Å².